The molecule has 2 N–H and O–H groups in total. The normalized spacial score (nSPS) is 15.9. The zero-order valence-corrected chi connectivity index (χ0v) is 18.7. The van der Waals surface area contributed by atoms with Crippen molar-refractivity contribution in [3.8, 4) is 10.7 Å². The van der Waals surface area contributed by atoms with Gasteiger partial charge in [-0.3, -0.25) is 4.79 Å². The lowest BCUT2D eigenvalue weighted by Gasteiger charge is -2.30. The van der Waals surface area contributed by atoms with Crippen LogP contribution in [0.2, 0.25) is 0 Å². The molecule has 7 nitrogen and oxygen atoms in total. The molecule has 172 valence electrons. The first-order valence-electron chi connectivity index (χ1n) is 10.4. The molecule has 4 rings (SSSR count). The van der Waals surface area contributed by atoms with Crippen LogP contribution in [0.15, 0.2) is 24.3 Å². The molecule has 0 bridgehead atoms. The molecular weight excluding hydrogens is 441 g/mol. The van der Waals surface area contributed by atoms with Crippen LogP contribution in [-0.4, -0.2) is 57.9 Å². The summed E-state index contributed by atoms with van der Waals surface area (Å²) in [6, 6.07) is 7.41. The Labute approximate surface area is 187 Å². The van der Waals surface area contributed by atoms with E-state index in [0.717, 1.165) is 37.0 Å². The molecule has 0 saturated carbocycles. The first-order chi connectivity index (χ1) is 15.2. The minimum absolute atomic E-state index is 0.190. The van der Waals surface area contributed by atoms with E-state index in [-0.39, 0.29) is 18.5 Å². The molecule has 1 aliphatic rings. The second-order valence-corrected chi connectivity index (χ2v) is 9.16. The molecule has 11 heteroatoms. The van der Waals surface area contributed by atoms with Crippen molar-refractivity contribution in [2.75, 3.05) is 25.5 Å². The second kappa shape index (κ2) is 9.07. The van der Waals surface area contributed by atoms with Gasteiger partial charge in [0.2, 0.25) is 5.91 Å². The molecular formula is C21H25F3N6OS. The summed E-state index contributed by atoms with van der Waals surface area (Å²) in [5.74, 6) is -0.211. The van der Waals surface area contributed by atoms with Gasteiger partial charge in [0.25, 0.3) is 0 Å². The Balaban J connectivity index is 1.71. The average Bonchev–Trinajstić information content (AvgIpc) is 3.33. The highest BCUT2D eigenvalue weighted by atomic mass is 32.1. The summed E-state index contributed by atoms with van der Waals surface area (Å²) in [4.78, 5) is 13.4. The second-order valence-electron chi connectivity index (χ2n) is 8.10. The van der Waals surface area contributed by atoms with Gasteiger partial charge in [-0.05, 0) is 51.2 Å². The molecule has 0 aliphatic carbocycles. The number of carbonyl (C=O) groups excluding carboxylic acids is 1. The highest BCUT2D eigenvalue weighted by Crippen LogP contribution is 2.36. The fourth-order valence-corrected chi connectivity index (χ4v) is 4.74. The molecule has 1 fully saturated rings. The minimum Gasteiger partial charge on any atom is -0.382 e. The van der Waals surface area contributed by atoms with Crippen molar-refractivity contribution in [2.45, 2.75) is 45.1 Å². The molecule has 0 atom stereocenters. The summed E-state index contributed by atoms with van der Waals surface area (Å²) < 4.78 is 41.6. The van der Waals surface area contributed by atoms with Crippen LogP contribution in [0.5, 0.6) is 0 Å². The van der Waals surface area contributed by atoms with Crippen LogP contribution in [0.25, 0.3) is 21.6 Å². The van der Waals surface area contributed by atoms with Crippen molar-refractivity contribution in [2.24, 2.45) is 0 Å². The summed E-state index contributed by atoms with van der Waals surface area (Å²) >= 11 is 1.17. The standard InChI is InChI=1S/C21H25F3N6OS/c1-13(31)25-11-19-27-28-20(32-19)18-10-15-16(26-14-6-8-29(2)9-7-14)4-3-5-17(15)30(18)12-21(22,23)24/h3-5,10,14,26H,6-9,11-12H2,1-2H3,(H,25,31). The van der Waals surface area contributed by atoms with E-state index >= 15 is 0 Å². The zero-order chi connectivity index (χ0) is 22.9. The smallest absolute Gasteiger partial charge is 0.382 e. The molecule has 1 saturated heterocycles. The van der Waals surface area contributed by atoms with Gasteiger partial charge < -0.3 is 20.1 Å². The lowest BCUT2D eigenvalue weighted by Crippen LogP contribution is -2.36. The Kier molecular flexibility index (Phi) is 6.38. The van der Waals surface area contributed by atoms with E-state index < -0.39 is 12.7 Å². The highest BCUT2D eigenvalue weighted by Gasteiger charge is 2.31. The van der Waals surface area contributed by atoms with E-state index in [1.807, 2.05) is 6.07 Å². The molecule has 1 aliphatic heterocycles. The van der Waals surface area contributed by atoms with Gasteiger partial charge in [-0.2, -0.15) is 13.2 Å². The van der Waals surface area contributed by atoms with Crippen molar-refractivity contribution in [3.05, 3.63) is 29.3 Å². The topological polar surface area (TPSA) is 75.1 Å². The molecule has 3 heterocycles. The summed E-state index contributed by atoms with van der Waals surface area (Å²) in [5, 5.41) is 16.0. The Morgan fingerprint density at radius 1 is 1.25 bits per heavy atom. The van der Waals surface area contributed by atoms with Crippen LogP contribution < -0.4 is 10.6 Å². The number of piperidine rings is 1. The quantitative estimate of drug-likeness (QED) is 0.577. The molecule has 2 aromatic heterocycles. The number of fused-ring (bicyclic) bond motifs is 1. The van der Waals surface area contributed by atoms with E-state index in [1.165, 1.54) is 22.8 Å². The zero-order valence-electron chi connectivity index (χ0n) is 17.9. The number of benzene rings is 1. The number of hydrogen-bond acceptors (Lipinski definition) is 6. The van der Waals surface area contributed by atoms with Crippen LogP contribution in [0.4, 0.5) is 18.9 Å². The van der Waals surface area contributed by atoms with Gasteiger partial charge >= 0.3 is 6.18 Å². The van der Waals surface area contributed by atoms with Gasteiger partial charge in [-0.15, -0.1) is 10.2 Å². The van der Waals surface area contributed by atoms with Crippen LogP contribution in [0.1, 0.15) is 24.8 Å². The van der Waals surface area contributed by atoms with Crippen molar-refractivity contribution < 1.29 is 18.0 Å². The Morgan fingerprint density at radius 3 is 2.69 bits per heavy atom. The molecule has 1 amide bonds. The first-order valence-corrected chi connectivity index (χ1v) is 11.2. The maximum absolute atomic E-state index is 13.4. The number of nitrogens with one attached hydrogen (secondary N) is 2. The maximum atomic E-state index is 13.4. The average molecular weight is 467 g/mol. The van der Waals surface area contributed by atoms with Crippen LogP contribution in [0.3, 0.4) is 0 Å². The summed E-state index contributed by atoms with van der Waals surface area (Å²) in [6.07, 6.45) is -2.43. The van der Waals surface area contributed by atoms with Crippen molar-refractivity contribution in [1.82, 2.24) is 25.0 Å². The third-order valence-corrected chi connectivity index (χ3v) is 6.48. The fraction of sp³-hybridized carbons (Fsp3) is 0.476. The van der Waals surface area contributed by atoms with Crippen LogP contribution >= 0.6 is 11.3 Å². The van der Waals surface area contributed by atoms with E-state index in [2.05, 4.69) is 32.8 Å². The predicted molar refractivity (Wildman–Crippen MR) is 119 cm³/mol. The van der Waals surface area contributed by atoms with Crippen molar-refractivity contribution in [3.63, 3.8) is 0 Å². The Hall–Kier alpha value is -2.66. The van der Waals surface area contributed by atoms with Gasteiger partial charge in [-0.25, -0.2) is 0 Å². The molecule has 1 aromatic carbocycles. The lowest BCUT2D eigenvalue weighted by molar-refractivity contribution is -0.139. The number of hydrogen-bond donors (Lipinski definition) is 2. The molecule has 3 aromatic rings. The largest absolute Gasteiger partial charge is 0.406 e. The van der Waals surface area contributed by atoms with Gasteiger partial charge in [0.15, 0.2) is 5.01 Å². The van der Waals surface area contributed by atoms with Crippen LogP contribution in [0, 0.1) is 0 Å². The lowest BCUT2D eigenvalue weighted by atomic mass is 10.0. The molecule has 0 radical (unpaired) electrons. The van der Waals surface area contributed by atoms with Gasteiger partial charge in [0, 0.05) is 24.0 Å². The van der Waals surface area contributed by atoms with Crippen molar-refractivity contribution in [1.29, 1.82) is 0 Å². The summed E-state index contributed by atoms with van der Waals surface area (Å²) in [5.41, 5.74) is 1.68. The van der Waals surface area contributed by atoms with E-state index in [1.54, 1.807) is 18.2 Å². The van der Waals surface area contributed by atoms with E-state index in [4.69, 9.17) is 0 Å². The number of alkyl halides is 3. The number of aromatic nitrogens is 3. The van der Waals surface area contributed by atoms with Gasteiger partial charge in [-0.1, -0.05) is 17.4 Å². The number of halogens is 3. The minimum atomic E-state index is -4.39. The fourth-order valence-electron chi connectivity index (χ4n) is 3.94. The number of anilines is 1. The highest BCUT2D eigenvalue weighted by molar-refractivity contribution is 7.14. The number of nitrogens with zero attached hydrogens (tertiary/aromatic N) is 4. The predicted octanol–water partition coefficient (Wildman–Crippen LogP) is 3.86. The third kappa shape index (κ3) is 5.21. The monoisotopic (exact) mass is 466 g/mol. The number of amides is 1. The van der Waals surface area contributed by atoms with Gasteiger partial charge in [0.1, 0.15) is 11.6 Å². The summed E-state index contributed by atoms with van der Waals surface area (Å²) in [7, 11) is 2.09. The Bertz CT molecular complexity index is 1100. The SMILES string of the molecule is CC(=O)NCc1nnc(-c2cc3c(NC4CCN(C)CC4)cccc3n2CC(F)(F)F)s1. The van der Waals surface area contributed by atoms with E-state index in [0.29, 0.717) is 21.2 Å². The summed E-state index contributed by atoms with van der Waals surface area (Å²) in [6.45, 7) is 2.42. The van der Waals surface area contributed by atoms with Gasteiger partial charge in [0.05, 0.1) is 17.8 Å². The van der Waals surface area contributed by atoms with Crippen LogP contribution in [-0.2, 0) is 17.9 Å². The number of rotatable bonds is 6. The molecule has 0 spiro atoms. The first kappa shape index (κ1) is 22.5. The van der Waals surface area contributed by atoms with E-state index in [9.17, 15) is 18.0 Å². The number of likely N-dealkylation sites (tertiary alicyclic amines) is 1. The number of carbonyl (C=O) groups is 1. The van der Waals surface area contributed by atoms with Crippen molar-refractivity contribution >= 4 is 33.8 Å². The third-order valence-electron chi connectivity index (χ3n) is 5.54. The molecule has 0 unspecified atom stereocenters. The molecule has 32 heavy (non-hydrogen) atoms. The maximum Gasteiger partial charge on any atom is 0.406 e. The Morgan fingerprint density at radius 2 is 2.00 bits per heavy atom.